The van der Waals surface area contributed by atoms with Crippen molar-refractivity contribution in [2.75, 3.05) is 13.6 Å². The maximum Gasteiger partial charge on any atom is 0.133 e. The Morgan fingerprint density at radius 1 is 1.83 bits per heavy atom. The summed E-state index contributed by atoms with van der Waals surface area (Å²) in [6.45, 7) is 2.50. The number of carbonyl (C=O) groups excluding carboxylic acids is 1. The maximum absolute atomic E-state index is 10.2. The molecule has 1 heterocycles. The zero-order chi connectivity index (χ0) is 8.97. The van der Waals surface area contributed by atoms with Gasteiger partial charge in [-0.1, -0.05) is 0 Å². The summed E-state index contributed by atoms with van der Waals surface area (Å²) >= 11 is 1.62. The van der Waals surface area contributed by atoms with Crippen molar-refractivity contribution < 1.29 is 4.79 Å². The molecule has 0 spiro atoms. The first-order valence-electron chi connectivity index (χ1n) is 3.79. The molecule has 1 rings (SSSR count). The van der Waals surface area contributed by atoms with Crippen LogP contribution in [-0.2, 0) is 4.79 Å². The molecule has 1 aromatic heterocycles. The van der Waals surface area contributed by atoms with Crippen LogP contribution in [0.2, 0.25) is 0 Å². The average molecular weight is 184 g/mol. The molecule has 0 radical (unpaired) electrons. The number of aromatic nitrogens is 1. The molecule has 0 saturated heterocycles. The van der Waals surface area contributed by atoms with Crippen LogP contribution in [0.15, 0.2) is 11.6 Å². The molecule has 0 N–H and O–H groups in total. The molecular weight excluding hydrogens is 172 g/mol. The molecule has 0 saturated carbocycles. The first-order chi connectivity index (χ1) is 5.75. The lowest BCUT2D eigenvalue weighted by molar-refractivity contribution is -0.109. The molecule has 0 aliphatic rings. The highest BCUT2D eigenvalue weighted by atomic mass is 32.1. The Hall–Kier alpha value is -0.740. The van der Waals surface area contributed by atoms with Gasteiger partial charge in [-0.2, -0.15) is 0 Å². The minimum absolute atomic E-state index is 0.232. The van der Waals surface area contributed by atoms with Crippen molar-refractivity contribution in [2.45, 2.75) is 13.0 Å². The molecule has 0 fully saturated rings. The molecule has 0 bridgehead atoms. The van der Waals surface area contributed by atoms with E-state index in [2.05, 4.69) is 4.98 Å². The Kier molecular flexibility index (Phi) is 3.37. The van der Waals surface area contributed by atoms with E-state index in [1.807, 2.05) is 24.3 Å². The maximum atomic E-state index is 10.2. The number of likely N-dealkylation sites (N-methyl/N-ethyl adjacent to an activating group) is 1. The van der Waals surface area contributed by atoms with Gasteiger partial charge in [0.2, 0.25) is 0 Å². The van der Waals surface area contributed by atoms with Crippen LogP contribution in [0.4, 0.5) is 0 Å². The quantitative estimate of drug-likeness (QED) is 0.662. The van der Waals surface area contributed by atoms with E-state index in [9.17, 15) is 4.79 Å². The van der Waals surface area contributed by atoms with E-state index in [1.165, 1.54) is 0 Å². The number of hydrogen-bond acceptors (Lipinski definition) is 4. The molecule has 0 aliphatic heterocycles. The number of aldehydes is 1. The highest BCUT2D eigenvalue weighted by Crippen LogP contribution is 2.19. The van der Waals surface area contributed by atoms with Crippen molar-refractivity contribution in [3.63, 3.8) is 0 Å². The monoisotopic (exact) mass is 184 g/mol. The third-order valence-corrected chi connectivity index (χ3v) is 2.78. The number of hydrogen-bond donors (Lipinski definition) is 0. The normalized spacial score (nSPS) is 13.2. The summed E-state index contributed by atoms with van der Waals surface area (Å²) in [5, 5.41) is 3.00. The van der Waals surface area contributed by atoms with Crippen molar-refractivity contribution in [1.29, 1.82) is 0 Å². The predicted octanol–water partition coefficient (Wildman–Crippen LogP) is 1.33. The topological polar surface area (TPSA) is 33.2 Å². The number of nitrogens with zero attached hydrogens (tertiary/aromatic N) is 2. The standard InChI is InChI=1S/C8H12N2OS/c1-7(10(2)4-5-11)8-9-3-6-12-8/h3,5-7H,4H2,1-2H3. The van der Waals surface area contributed by atoms with Crippen molar-refractivity contribution in [1.82, 2.24) is 9.88 Å². The van der Waals surface area contributed by atoms with Crippen molar-refractivity contribution in [3.8, 4) is 0 Å². The van der Waals surface area contributed by atoms with E-state index in [1.54, 1.807) is 17.5 Å². The third kappa shape index (κ3) is 2.12. The first-order valence-corrected chi connectivity index (χ1v) is 4.67. The Labute approximate surface area is 76.0 Å². The summed E-state index contributed by atoms with van der Waals surface area (Å²) < 4.78 is 0. The van der Waals surface area contributed by atoms with Gasteiger partial charge in [-0.3, -0.25) is 4.90 Å². The third-order valence-electron chi connectivity index (χ3n) is 1.83. The van der Waals surface area contributed by atoms with Crippen LogP contribution in [0.25, 0.3) is 0 Å². The smallest absolute Gasteiger partial charge is 0.133 e. The SMILES string of the molecule is CC(c1nccs1)N(C)CC=O. The van der Waals surface area contributed by atoms with Gasteiger partial charge in [0.05, 0.1) is 12.6 Å². The average Bonchev–Trinajstić information content (AvgIpc) is 2.55. The van der Waals surface area contributed by atoms with Gasteiger partial charge >= 0.3 is 0 Å². The summed E-state index contributed by atoms with van der Waals surface area (Å²) in [5.74, 6) is 0. The molecule has 3 nitrogen and oxygen atoms in total. The minimum Gasteiger partial charge on any atom is -0.302 e. The van der Waals surface area contributed by atoms with E-state index in [4.69, 9.17) is 0 Å². The van der Waals surface area contributed by atoms with Crippen LogP contribution in [0.3, 0.4) is 0 Å². The molecule has 0 aromatic carbocycles. The van der Waals surface area contributed by atoms with Crippen LogP contribution < -0.4 is 0 Å². The largest absolute Gasteiger partial charge is 0.302 e. The van der Waals surface area contributed by atoms with Crippen molar-refractivity contribution >= 4 is 17.6 Å². The van der Waals surface area contributed by atoms with Gasteiger partial charge in [0.15, 0.2) is 0 Å². The second kappa shape index (κ2) is 4.33. The van der Waals surface area contributed by atoms with Crippen molar-refractivity contribution in [3.05, 3.63) is 16.6 Å². The van der Waals surface area contributed by atoms with Crippen LogP contribution >= 0.6 is 11.3 Å². The van der Waals surface area contributed by atoms with Crippen LogP contribution in [-0.4, -0.2) is 29.8 Å². The zero-order valence-electron chi connectivity index (χ0n) is 7.23. The molecular formula is C8H12N2OS. The second-order valence-electron chi connectivity index (χ2n) is 2.65. The Morgan fingerprint density at radius 2 is 2.58 bits per heavy atom. The highest BCUT2D eigenvalue weighted by Gasteiger charge is 2.12. The number of carbonyl (C=O) groups is 1. The molecule has 66 valence electrons. The summed E-state index contributed by atoms with van der Waals surface area (Å²) in [6, 6.07) is 0.232. The van der Waals surface area contributed by atoms with Crippen LogP contribution in [0, 0.1) is 0 Å². The lowest BCUT2D eigenvalue weighted by Gasteiger charge is -2.19. The fraction of sp³-hybridized carbons (Fsp3) is 0.500. The van der Waals surface area contributed by atoms with E-state index >= 15 is 0 Å². The molecule has 4 heteroatoms. The van der Waals surface area contributed by atoms with Gasteiger partial charge < -0.3 is 4.79 Å². The van der Waals surface area contributed by atoms with E-state index in [-0.39, 0.29) is 6.04 Å². The summed E-state index contributed by atoms with van der Waals surface area (Å²) in [4.78, 5) is 16.4. The summed E-state index contributed by atoms with van der Waals surface area (Å²) in [5.41, 5.74) is 0. The van der Waals surface area contributed by atoms with Crippen LogP contribution in [0.5, 0.6) is 0 Å². The van der Waals surface area contributed by atoms with Crippen molar-refractivity contribution in [2.24, 2.45) is 0 Å². The van der Waals surface area contributed by atoms with E-state index in [0.717, 1.165) is 11.3 Å². The summed E-state index contributed by atoms with van der Waals surface area (Å²) in [7, 11) is 1.92. The number of thiazole rings is 1. The predicted molar refractivity (Wildman–Crippen MR) is 49.2 cm³/mol. The minimum atomic E-state index is 0.232. The lowest BCUT2D eigenvalue weighted by Crippen LogP contribution is -2.24. The zero-order valence-corrected chi connectivity index (χ0v) is 8.04. The highest BCUT2D eigenvalue weighted by molar-refractivity contribution is 7.09. The summed E-state index contributed by atoms with van der Waals surface area (Å²) in [6.07, 6.45) is 2.69. The van der Waals surface area contributed by atoms with E-state index in [0.29, 0.717) is 6.54 Å². The Balaban J connectivity index is 2.58. The molecule has 1 atom stereocenters. The van der Waals surface area contributed by atoms with E-state index < -0.39 is 0 Å². The fourth-order valence-electron chi connectivity index (χ4n) is 0.905. The molecule has 12 heavy (non-hydrogen) atoms. The molecule has 0 aliphatic carbocycles. The van der Waals surface area contributed by atoms with Crippen LogP contribution in [0.1, 0.15) is 18.0 Å². The van der Waals surface area contributed by atoms with Gasteiger partial charge in [-0.05, 0) is 14.0 Å². The first kappa shape index (κ1) is 9.35. The van der Waals surface area contributed by atoms with Gasteiger partial charge in [0.25, 0.3) is 0 Å². The number of rotatable bonds is 4. The molecule has 0 amide bonds. The lowest BCUT2D eigenvalue weighted by atomic mass is 10.3. The Morgan fingerprint density at radius 3 is 3.08 bits per heavy atom. The Bertz CT molecular complexity index is 235. The second-order valence-corrected chi connectivity index (χ2v) is 3.58. The van der Waals surface area contributed by atoms with Gasteiger partial charge in [-0.15, -0.1) is 11.3 Å². The van der Waals surface area contributed by atoms with Gasteiger partial charge in [0, 0.05) is 11.6 Å². The molecule has 1 unspecified atom stereocenters. The van der Waals surface area contributed by atoms with Gasteiger partial charge in [-0.25, -0.2) is 4.98 Å². The molecule has 1 aromatic rings. The van der Waals surface area contributed by atoms with Gasteiger partial charge in [0.1, 0.15) is 11.3 Å². The fourth-order valence-corrected chi connectivity index (χ4v) is 1.66.